The van der Waals surface area contributed by atoms with Crippen molar-refractivity contribution in [3.8, 4) is 17.0 Å². The zero-order valence-corrected chi connectivity index (χ0v) is 19.8. The summed E-state index contributed by atoms with van der Waals surface area (Å²) in [4.78, 5) is 33.1. The van der Waals surface area contributed by atoms with Crippen LogP contribution in [0.2, 0.25) is 0 Å². The number of methoxy groups -OCH3 is 1. The molecule has 7 heteroatoms. The summed E-state index contributed by atoms with van der Waals surface area (Å²) in [6.07, 6.45) is 3.75. The molecular weight excluding hydrogens is 436 g/mol. The van der Waals surface area contributed by atoms with Gasteiger partial charge in [-0.2, -0.15) is 0 Å². The summed E-state index contributed by atoms with van der Waals surface area (Å²) >= 11 is 1.65. The fraction of sp³-hybridized carbons (Fsp3) is 0.346. The Morgan fingerprint density at radius 3 is 2.70 bits per heavy atom. The number of hydrogen-bond donors (Lipinski definition) is 0. The second kappa shape index (κ2) is 10.6. The first-order valence-electron chi connectivity index (χ1n) is 11.3. The number of carbonyl (C=O) groups excluding carboxylic acids is 2. The molecule has 0 bridgehead atoms. The molecule has 172 valence electrons. The lowest BCUT2D eigenvalue weighted by Gasteiger charge is -2.34. The van der Waals surface area contributed by atoms with E-state index in [9.17, 15) is 9.59 Å². The minimum Gasteiger partial charge on any atom is -0.484 e. The van der Waals surface area contributed by atoms with E-state index in [0.717, 1.165) is 46.8 Å². The predicted octanol–water partition coefficient (Wildman–Crippen LogP) is 5.29. The van der Waals surface area contributed by atoms with Crippen LogP contribution in [0.15, 0.2) is 54.6 Å². The van der Waals surface area contributed by atoms with Crippen LogP contribution in [-0.2, 0) is 16.0 Å². The molecule has 1 fully saturated rings. The Morgan fingerprint density at radius 1 is 1.12 bits per heavy atom. The highest BCUT2D eigenvalue weighted by molar-refractivity contribution is 7.12. The summed E-state index contributed by atoms with van der Waals surface area (Å²) in [6.45, 7) is 2.82. The zero-order valence-electron chi connectivity index (χ0n) is 19.0. The molecule has 1 aliphatic rings. The molecule has 3 aromatic rings. The van der Waals surface area contributed by atoms with Crippen molar-refractivity contribution in [1.29, 1.82) is 0 Å². The van der Waals surface area contributed by atoms with Crippen molar-refractivity contribution in [3.05, 3.63) is 70.0 Å². The number of para-hydroxylation sites is 1. The number of nitrogens with zero attached hydrogens (tertiary/aromatic N) is 2. The van der Waals surface area contributed by atoms with Crippen molar-refractivity contribution < 1.29 is 19.1 Å². The molecule has 1 atom stereocenters. The molecule has 0 radical (unpaired) electrons. The number of aromatic nitrogens is 1. The SMILES string of the molecule is CCc1sc(C2CCCCN2C(=O)COc2ccccc2)nc1-c1cccc(C(=O)OC)c1. The lowest BCUT2D eigenvalue weighted by molar-refractivity contribution is -0.137. The number of amides is 1. The van der Waals surface area contributed by atoms with Crippen molar-refractivity contribution in [3.63, 3.8) is 0 Å². The van der Waals surface area contributed by atoms with Crippen LogP contribution in [0.5, 0.6) is 5.75 Å². The normalized spacial score (nSPS) is 15.8. The molecule has 0 spiro atoms. The van der Waals surface area contributed by atoms with Gasteiger partial charge < -0.3 is 14.4 Å². The van der Waals surface area contributed by atoms with E-state index in [1.807, 2.05) is 53.4 Å². The minimum atomic E-state index is -0.368. The monoisotopic (exact) mass is 464 g/mol. The van der Waals surface area contributed by atoms with Crippen molar-refractivity contribution >= 4 is 23.2 Å². The molecule has 1 unspecified atom stereocenters. The Labute approximate surface area is 198 Å². The maximum atomic E-state index is 13.1. The number of piperidine rings is 1. The summed E-state index contributed by atoms with van der Waals surface area (Å²) in [5, 5.41) is 0.943. The Hall–Kier alpha value is -3.19. The van der Waals surface area contributed by atoms with Crippen LogP contribution in [0.25, 0.3) is 11.3 Å². The third kappa shape index (κ3) is 5.25. The molecule has 1 aromatic heterocycles. The van der Waals surface area contributed by atoms with Gasteiger partial charge in [0.15, 0.2) is 6.61 Å². The van der Waals surface area contributed by atoms with Gasteiger partial charge in [0.25, 0.3) is 5.91 Å². The Kier molecular flexibility index (Phi) is 7.40. The molecule has 2 heterocycles. The number of esters is 1. The maximum Gasteiger partial charge on any atom is 0.337 e. The molecule has 1 aliphatic heterocycles. The van der Waals surface area contributed by atoms with Gasteiger partial charge in [0.1, 0.15) is 10.8 Å². The van der Waals surface area contributed by atoms with Crippen molar-refractivity contribution in [1.82, 2.24) is 9.88 Å². The number of aryl methyl sites for hydroxylation is 1. The van der Waals surface area contributed by atoms with Gasteiger partial charge in [-0.05, 0) is 49.9 Å². The summed E-state index contributed by atoms with van der Waals surface area (Å²) in [5.74, 6) is 0.300. The summed E-state index contributed by atoms with van der Waals surface area (Å²) in [7, 11) is 1.38. The number of likely N-dealkylation sites (tertiary alicyclic amines) is 1. The lowest BCUT2D eigenvalue weighted by atomic mass is 10.0. The lowest BCUT2D eigenvalue weighted by Crippen LogP contribution is -2.41. The molecule has 1 amide bonds. The van der Waals surface area contributed by atoms with Crippen LogP contribution in [0.4, 0.5) is 0 Å². The highest BCUT2D eigenvalue weighted by atomic mass is 32.1. The first-order chi connectivity index (χ1) is 16.1. The van der Waals surface area contributed by atoms with E-state index in [1.165, 1.54) is 7.11 Å². The van der Waals surface area contributed by atoms with E-state index < -0.39 is 0 Å². The van der Waals surface area contributed by atoms with E-state index in [4.69, 9.17) is 14.5 Å². The minimum absolute atomic E-state index is 0.0144. The van der Waals surface area contributed by atoms with Gasteiger partial charge in [0.05, 0.1) is 24.4 Å². The third-order valence-corrected chi connectivity index (χ3v) is 7.11. The molecule has 2 aromatic carbocycles. The van der Waals surface area contributed by atoms with E-state index >= 15 is 0 Å². The highest BCUT2D eigenvalue weighted by Gasteiger charge is 2.31. The van der Waals surface area contributed by atoms with E-state index in [0.29, 0.717) is 17.9 Å². The Morgan fingerprint density at radius 2 is 1.94 bits per heavy atom. The Balaban J connectivity index is 1.57. The number of benzene rings is 2. The zero-order chi connectivity index (χ0) is 23.2. The van der Waals surface area contributed by atoms with E-state index in [1.54, 1.807) is 17.4 Å². The number of thiazole rings is 1. The van der Waals surface area contributed by atoms with Crippen LogP contribution in [-0.4, -0.2) is 42.0 Å². The fourth-order valence-corrected chi connectivity index (χ4v) is 5.30. The van der Waals surface area contributed by atoms with Gasteiger partial charge in [0, 0.05) is 17.0 Å². The first kappa shape index (κ1) is 23.0. The second-order valence-corrected chi connectivity index (χ2v) is 9.07. The van der Waals surface area contributed by atoms with Gasteiger partial charge in [-0.3, -0.25) is 4.79 Å². The number of carbonyl (C=O) groups is 2. The van der Waals surface area contributed by atoms with E-state index in [2.05, 4.69) is 6.92 Å². The standard InChI is InChI=1S/C26H28N2O4S/c1-3-22-24(18-10-9-11-19(16-18)26(30)31-2)27-25(33-22)21-14-7-8-15-28(21)23(29)17-32-20-12-5-4-6-13-20/h4-6,9-13,16,21H,3,7-8,14-15,17H2,1-2H3. The number of hydrogen-bond acceptors (Lipinski definition) is 6. The average Bonchev–Trinajstić information content (AvgIpc) is 3.32. The first-order valence-corrected chi connectivity index (χ1v) is 12.1. The number of ether oxygens (including phenoxy) is 2. The summed E-state index contributed by atoms with van der Waals surface area (Å²) < 4.78 is 10.6. The summed E-state index contributed by atoms with van der Waals surface area (Å²) in [6, 6.07) is 16.7. The van der Waals surface area contributed by atoms with Crippen molar-refractivity contribution in [2.75, 3.05) is 20.3 Å². The quantitative estimate of drug-likeness (QED) is 0.444. The van der Waals surface area contributed by atoms with Gasteiger partial charge in [-0.25, -0.2) is 9.78 Å². The van der Waals surface area contributed by atoms with Gasteiger partial charge in [-0.1, -0.05) is 37.3 Å². The van der Waals surface area contributed by atoms with Crippen LogP contribution in [0.1, 0.15) is 52.5 Å². The van der Waals surface area contributed by atoms with Crippen LogP contribution < -0.4 is 4.74 Å². The predicted molar refractivity (Wildman–Crippen MR) is 129 cm³/mol. The van der Waals surface area contributed by atoms with Crippen molar-refractivity contribution in [2.45, 2.75) is 38.6 Å². The number of rotatable bonds is 7. The highest BCUT2D eigenvalue weighted by Crippen LogP contribution is 2.38. The second-order valence-electron chi connectivity index (χ2n) is 7.95. The molecule has 0 saturated carbocycles. The van der Waals surface area contributed by atoms with Crippen molar-refractivity contribution in [2.24, 2.45) is 0 Å². The summed E-state index contributed by atoms with van der Waals surface area (Å²) in [5.41, 5.74) is 2.26. The molecule has 4 rings (SSSR count). The van der Waals surface area contributed by atoms with Crippen LogP contribution >= 0.6 is 11.3 Å². The van der Waals surface area contributed by atoms with E-state index in [-0.39, 0.29) is 24.5 Å². The van der Waals surface area contributed by atoms with Crippen LogP contribution in [0, 0.1) is 0 Å². The average molecular weight is 465 g/mol. The topological polar surface area (TPSA) is 68.7 Å². The molecular formula is C26H28N2O4S. The van der Waals surface area contributed by atoms with Gasteiger partial charge in [-0.15, -0.1) is 11.3 Å². The van der Waals surface area contributed by atoms with Gasteiger partial charge >= 0.3 is 5.97 Å². The van der Waals surface area contributed by atoms with Gasteiger partial charge in [0.2, 0.25) is 0 Å². The molecule has 0 N–H and O–H groups in total. The third-order valence-electron chi connectivity index (χ3n) is 5.81. The molecule has 6 nitrogen and oxygen atoms in total. The largest absolute Gasteiger partial charge is 0.484 e. The molecule has 33 heavy (non-hydrogen) atoms. The smallest absolute Gasteiger partial charge is 0.337 e. The Bertz CT molecular complexity index is 1110. The molecule has 0 aliphatic carbocycles. The molecule has 1 saturated heterocycles. The maximum absolute atomic E-state index is 13.1. The fourth-order valence-electron chi connectivity index (χ4n) is 4.12. The van der Waals surface area contributed by atoms with Crippen LogP contribution in [0.3, 0.4) is 0 Å².